The number of nitrogens with one attached hydrogen (secondary N) is 1. The molecule has 1 saturated heterocycles. The van der Waals surface area contributed by atoms with Crippen molar-refractivity contribution in [3.05, 3.63) is 46.8 Å². The van der Waals surface area contributed by atoms with Crippen molar-refractivity contribution in [1.82, 2.24) is 19.4 Å². The van der Waals surface area contributed by atoms with E-state index in [1.807, 2.05) is 30.9 Å². The van der Waals surface area contributed by atoms with E-state index in [1.54, 1.807) is 19.2 Å². The molecule has 0 radical (unpaired) electrons. The van der Waals surface area contributed by atoms with E-state index in [2.05, 4.69) is 22.3 Å². The molecule has 1 aromatic heterocycles. The molecule has 1 N–H and O–H groups in total. The molecule has 3 rings (SSSR count). The Hall–Kier alpha value is -2.14. The van der Waals surface area contributed by atoms with E-state index in [4.69, 9.17) is 4.74 Å². The van der Waals surface area contributed by atoms with Crippen LogP contribution in [0.3, 0.4) is 0 Å². The number of carbonyl (C=O) groups excluding carboxylic acids is 1. The Morgan fingerprint density at radius 2 is 1.72 bits per heavy atom. The van der Waals surface area contributed by atoms with Crippen molar-refractivity contribution in [2.45, 2.75) is 31.1 Å². The number of nitrogens with zero attached hydrogens (tertiary/aromatic N) is 3. The summed E-state index contributed by atoms with van der Waals surface area (Å²) in [5.74, 6) is 0.846. The molecule has 176 valence electrons. The van der Waals surface area contributed by atoms with Crippen molar-refractivity contribution < 1.29 is 17.9 Å². The van der Waals surface area contributed by atoms with Crippen LogP contribution in [0.15, 0.2) is 40.6 Å². The fourth-order valence-corrected chi connectivity index (χ4v) is 6.56. The van der Waals surface area contributed by atoms with Crippen LogP contribution < -0.4 is 10.1 Å². The lowest BCUT2D eigenvalue weighted by atomic mass is 10.2. The van der Waals surface area contributed by atoms with Gasteiger partial charge in [-0.2, -0.15) is 4.31 Å². The van der Waals surface area contributed by atoms with Crippen LogP contribution in [0.1, 0.15) is 24.3 Å². The van der Waals surface area contributed by atoms with Crippen LogP contribution in [0.4, 0.5) is 4.79 Å². The summed E-state index contributed by atoms with van der Waals surface area (Å²) in [6, 6.07) is 11.3. The summed E-state index contributed by atoms with van der Waals surface area (Å²) in [5, 5.41) is 2.92. The monoisotopic (exact) mass is 480 g/mol. The molecule has 0 spiro atoms. The average Bonchev–Trinajstić information content (AvgIpc) is 3.29. The van der Waals surface area contributed by atoms with Crippen molar-refractivity contribution in [3.8, 4) is 5.75 Å². The van der Waals surface area contributed by atoms with Crippen LogP contribution in [0.5, 0.6) is 5.75 Å². The van der Waals surface area contributed by atoms with Gasteiger partial charge in [-0.1, -0.05) is 26.0 Å². The van der Waals surface area contributed by atoms with Gasteiger partial charge in [0.25, 0.3) is 10.0 Å². The molecule has 1 aliphatic rings. The second kappa shape index (κ2) is 11.1. The first-order chi connectivity index (χ1) is 15.4. The average molecular weight is 481 g/mol. The summed E-state index contributed by atoms with van der Waals surface area (Å²) in [5.41, 5.74) is 1.22. The molecule has 0 atom stereocenters. The molecule has 0 bridgehead atoms. The van der Waals surface area contributed by atoms with Gasteiger partial charge in [0, 0.05) is 50.7 Å². The van der Waals surface area contributed by atoms with E-state index in [1.165, 1.54) is 21.2 Å². The number of piperazine rings is 1. The topological polar surface area (TPSA) is 82.2 Å². The van der Waals surface area contributed by atoms with Crippen molar-refractivity contribution >= 4 is 27.4 Å². The highest BCUT2D eigenvalue weighted by Crippen LogP contribution is 2.25. The van der Waals surface area contributed by atoms with Crippen molar-refractivity contribution in [2.24, 2.45) is 0 Å². The van der Waals surface area contributed by atoms with Gasteiger partial charge in [-0.05, 0) is 29.8 Å². The summed E-state index contributed by atoms with van der Waals surface area (Å²) < 4.78 is 32.2. The summed E-state index contributed by atoms with van der Waals surface area (Å²) >= 11 is 1.21. The van der Waals surface area contributed by atoms with Gasteiger partial charge >= 0.3 is 6.03 Å². The maximum Gasteiger partial charge on any atom is 0.317 e. The van der Waals surface area contributed by atoms with Crippen molar-refractivity contribution in [3.63, 3.8) is 0 Å². The molecule has 2 amide bonds. The van der Waals surface area contributed by atoms with Crippen LogP contribution in [0, 0.1) is 0 Å². The Morgan fingerprint density at radius 1 is 1.06 bits per heavy atom. The smallest absolute Gasteiger partial charge is 0.317 e. The summed E-state index contributed by atoms with van der Waals surface area (Å²) in [7, 11) is -1.80. The van der Waals surface area contributed by atoms with E-state index in [-0.39, 0.29) is 6.03 Å². The van der Waals surface area contributed by atoms with Crippen LogP contribution in [0.25, 0.3) is 0 Å². The third kappa shape index (κ3) is 6.00. The molecular weight excluding hydrogens is 448 g/mol. The first kappa shape index (κ1) is 24.5. The molecule has 32 heavy (non-hydrogen) atoms. The molecule has 0 unspecified atom stereocenters. The predicted molar refractivity (Wildman–Crippen MR) is 127 cm³/mol. The van der Waals surface area contributed by atoms with Gasteiger partial charge < -0.3 is 15.0 Å². The maximum absolute atomic E-state index is 12.6. The van der Waals surface area contributed by atoms with Gasteiger partial charge in [-0.25, -0.2) is 13.2 Å². The highest BCUT2D eigenvalue weighted by Gasteiger charge is 2.24. The fourth-order valence-electron chi connectivity index (χ4n) is 3.66. The molecule has 2 heterocycles. The molecule has 2 aromatic rings. The Kier molecular flexibility index (Phi) is 8.52. The molecule has 10 heteroatoms. The van der Waals surface area contributed by atoms with Crippen LogP contribution in [0.2, 0.25) is 0 Å². The zero-order valence-electron chi connectivity index (χ0n) is 18.9. The van der Waals surface area contributed by atoms with Crippen LogP contribution >= 0.6 is 11.3 Å². The number of carbonyl (C=O) groups is 1. The number of thiophene rings is 1. The third-order valence-electron chi connectivity index (χ3n) is 5.58. The first-order valence-corrected chi connectivity index (χ1v) is 13.1. The Morgan fingerprint density at radius 3 is 2.31 bits per heavy atom. The molecule has 8 nitrogen and oxygen atoms in total. The van der Waals surface area contributed by atoms with E-state index in [0.29, 0.717) is 36.9 Å². The van der Waals surface area contributed by atoms with E-state index >= 15 is 0 Å². The molecule has 1 aromatic carbocycles. The predicted octanol–water partition coefficient (Wildman–Crippen LogP) is 2.81. The second-order valence-electron chi connectivity index (χ2n) is 7.58. The fraction of sp³-hybridized carbons (Fsp3) is 0.500. The SMILES string of the molecule is CCN(CC)S(=O)(=O)c1ccc(CNC(=O)N2CCN(Cc3ccc(OC)cc3)CC2)s1. The number of amides is 2. The third-order valence-corrected chi connectivity index (χ3v) is 9.18. The maximum atomic E-state index is 12.6. The quantitative estimate of drug-likeness (QED) is 0.597. The molecular formula is C22H32N4O4S2. The summed E-state index contributed by atoms with van der Waals surface area (Å²) in [6.45, 7) is 8.64. The normalized spacial score (nSPS) is 15.2. The molecule has 1 aliphatic heterocycles. The van der Waals surface area contributed by atoms with Gasteiger partial charge in [0.1, 0.15) is 9.96 Å². The highest BCUT2D eigenvalue weighted by atomic mass is 32.2. The number of hydrogen-bond acceptors (Lipinski definition) is 6. The molecule has 0 saturated carbocycles. The molecule has 0 aliphatic carbocycles. The van der Waals surface area contributed by atoms with Crippen LogP contribution in [-0.4, -0.2) is 74.9 Å². The number of ether oxygens (including phenoxy) is 1. The zero-order valence-corrected chi connectivity index (χ0v) is 20.5. The lowest BCUT2D eigenvalue weighted by Gasteiger charge is -2.34. The minimum Gasteiger partial charge on any atom is -0.497 e. The van der Waals surface area contributed by atoms with E-state index in [9.17, 15) is 13.2 Å². The van der Waals surface area contributed by atoms with E-state index in [0.717, 1.165) is 30.3 Å². The van der Waals surface area contributed by atoms with Gasteiger partial charge in [0.15, 0.2) is 0 Å². The number of methoxy groups -OCH3 is 1. The van der Waals surface area contributed by atoms with Gasteiger partial charge in [-0.3, -0.25) is 4.90 Å². The van der Waals surface area contributed by atoms with E-state index < -0.39 is 10.0 Å². The minimum absolute atomic E-state index is 0.115. The zero-order chi connectivity index (χ0) is 23.1. The van der Waals surface area contributed by atoms with Gasteiger partial charge in [-0.15, -0.1) is 11.3 Å². The van der Waals surface area contributed by atoms with Gasteiger partial charge in [0.2, 0.25) is 0 Å². The lowest BCUT2D eigenvalue weighted by Crippen LogP contribution is -2.51. The number of rotatable bonds is 9. The Bertz CT molecular complexity index is 980. The van der Waals surface area contributed by atoms with Crippen molar-refractivity contribution in [1.29, 1.82) is 0 Å². The van der Waals surface area contributed by atoms with Crippen molar-refractivity contribution in [2.75, 3.05) is 46.4 Å². The number of sulfonamides is 1. The minimum atomic E-state index is -3.46. The number of urea groups is 1. The molecule has 1 fully saturated rings. The Labute approximate surface area is 194 Å². The summed E-state index contributed by atoms with van der Waals surface area (Å²) in [4.78, 5) is 17.5. The van der Waals surface area contributed by atoms with Gasteiger partial charge in [0.05, 0.1) is 13.7 Å². The largest absolute Gasteiger partial charge is 0.497 e. The first-order valence-electron chi connectivity index (χ1n) is 10.8. The number of benzene rings is 1. The van der Waals surface area contributed by atoms with Crippen LogP contribution in [-0.2, 0) is 23.1 Å². The second-order valence-corrected chi connectivity index (χ2v) is 10.9. The highest BCUT2D eigenvalue weighted by molar-refractivity contribution is 7.91. The summed E-state index contributed by atoms with van der Waals surface area (Å²) in [6.07, 6.45) is 0. The Balaban J connectivity index is 1.46. The number of hydrogen-bond donors (Lipinski definition) is 1. The lowest BCUT2D eigenvalue weighted by molar-refractivity contribution is 0.135. The standard InChI is InChI=1S/C22H32N4O4S2/c1-4-26(5-2)32(28,29)21-11-10-20(31-21)16-23-22(27)25-14-12-24(13-15-25)17-18-6-8-19(30-3)9-7-18/h6-11H,4-5,12-17H2,1-3H3,(H,23,27).